The van der Waals surface area contributed by atoms with Gasteiger partial charge in [-0.15, -0.1) is 0 Å². The van der Waals surface area contributed by atoms with Crippen LogP contribution in [0.3, 0.4) is 0 Å². The molecule has 164 valence electrons. The van der Waals surface area contributed by atoms with E-state index in [2.05, 4.69) is 10.6 Å². The number of likely N-dealkylation sites (N-methyl/N-ethyl adjacent to an activating group) is 1. The summed E-state index contributed by atoms with van der Waals surface area (Å²) in [4.78, 5) is 36.6. The van der Waals surface area contributed by atoms with Crippen LogP contribution < -0.4 is 16.4 Å². The van der Waals surface area contributed by atoms with E-state index < -0.39 is 24.3 Å². The van der Waals surface area contributed by atoms with Crippen molar-refractivity contribution in [3.63, 3.8) is 0 Å². The Kier molecular flexibility index (Phi) is 11.8. The van der Waals surface area contributed by atoms with Gasteiger partial charge in [0.2, 0.25) is 12.3 Å². The maximum absolute atomic E-state index is 12.1. The molecule has 3 amide bonds. The highest BCUT2D eigenvalue weighted by Gasteiger charge is 2.36. The molecular formula is C19H32N4O6. The van der Waals surface area contributed by atoms with Crippen LogP contribution in [-0.2, 0) is 19.1 Å². The first kappa shape index (κ1) is 24.8. The van der Waals surface area contributed by atoms with Gasteiger partial charge in [0.15, 0.2) is 0 Å². The number of carbonyl (C=O) groups excluding carboxylic acids is 3. The lowest BCUT2D eigenvalue weighted by Crippen LogP contribution is -2.32. The Morgan fingerprint density at radius 3 is 2.55 bits per heavy atom. The van der Waals surface area contributed by atoms with E-state index >= 15 is 0 Å². The van der Waals surface area contributed by atoms with E-state index in [4.69, 9.17) is 15.6 Å². The minimum atomic E-state index is -0.921. The molecule has 10 nitrogen and oxygen atoms in total. The molecule has 1 saturated heterocycles. The van der Waals surface area contributed by atoms with Crippen molar-refractivity contribution in [1.29, 1.82) is 0 Å². The number of rotatable bonds is 13. The molecule has 1 aliphatic rings. The van der Waals surface area contributed by atoms with Crippen molar-refractivity contribution in [2.75, 3.05) is 26.7 Å². The number of amides is 3. The zero-order chi connectivity index (χ0) is 21.6. The number of unbranched alkanes of at least 4 members (excludes halogenated alkanes) is 3. The second-order valence-corrected chi connectivity index (χ2v) is 6.66. The first-order valence-electron chi connectivity index (χ1n) is 9.73. The normalized spacial score (nSPS) is 21.9. The van der Waals surface area contributed by atoms with Gasteiger partial charge in [-0.05, 0) is 25.5 Å². The van der Waals surface area contributed by atoms with Gasteiger partial charge in [-0.25, -0.2) is 0 Å². The summed E-state index contributed by atoms with van der Waals surface area (Å²) >= 11 is 0. The third-order valence-electron chi connectivity index (χ3n) is 4.46. The number of ether oxygens (including phenoxy) is 1. The molecule has 0 spiro atoms. The monoisotopic (exact) mass is 412 g/mol. The van der Waals surface area contributed by atoms with Gasteiger partial charge in [0.25, 0.3) is 5.91 Å². The number of aliphatic hydroxyl groups is 2. The van der Waals surface area contributed by atoms with Gasteiger partial charge in [0.05, 0.1) is 18.3 Å². The summed E-state index contributed by atoms with van der Waals surface area (Å²) < 4.78 is 5.42. The van der Waals surface area contributed by atoms with Crippen LogP contribution in [0.5, 0.6) is 0 Å². The van der Waals surface area contributed by atoms with Crippen molar-refractivity contribution in [3.8, 4) is 0 Å². The average Bonchev–Trinajstić information content (AvgIpc) is 3.10. The SMILES string of the molecule is CNC(=O)C(=C\N(C=O)[C@H]1C[C@@H](O)C(CO)O1)/C=C/C(=O)NCCCCCCN. The van der Waals surface area contributed by atoms with Gasteiger partial charge in [-0.1, -0.05) is 12.8 Å². The minimum Gasteiger partial charge on any atom is -0.394 e. The topological polar surface area (TPSA) is 154 Å². The van der Waals surface area contributed by atoms with Crippen LogP contribution in [0.25, 0.3) is 0 Å². The van der Waals surface area contributed by atoms with Crippen LogP contribution in [0.1, 0.15) is 32.1 Å². The summed E-state index contributed by atoms with van der Waals surface area (Å²) in [6, 6.07) is 0. The van der Waals surface area contributed by atoms with Crippen molar-refractivity contribution >= 4 is 18.2 Å². The molecule has 10 heteroatoms. The fraction of sp³-hybridized carbons (Fsp3) is 0.632. The third kappa shape index (κ3) is 8.73. The molecule has 1 fully saturated rings. The van der Waals surface area contributed by atoms with Gasteiger partial charge in [-0.2, -0.15) is 0 Å². The quantitative estimate of drug-likeness (QED) is 0.109. The number of carbonyl (C=O) groups is 3. The molecule has 0 bridgehead atoms. The second-order valence-electron chi connectivity index (χ2n) is 6.66. The van der Waals surface area contributed by atoms with E-state index in [-0.39, 0.29) is 24.5 Å². The molecular weight excluding hydrogens is 380 g/mol. The van der Waals surface area contributed by atoms with E-state index in [1.807, 2.05) is 0 Å². The Labute approximate surface area is 170 Å². The smallest absolute Gasteiger partial charge is 0.252 e. The predicted molar refractivity (Wildman–Crippen MR) is 106 cm³/mol. The number of nitrogens with one attached hydrogen (secondary N) is 2. The largest absolute Gasteiger partial charge is 0.394 e. The fourth-order valence-corrected chi connectivity index (χ4v) is 2.79. The lowest BCUT2D eigenvalue weighted by molar-refractivity contribution is -0.128. The Balaban J connectivity index is 2.70. The predicted octanol–water partition coefficient (Wildman–Crippen LogP) is -1.27. The van der Waals surface area contributed by atoms with Gasteiger partial charge < -0.3 is 31.3 Å². The lowest BCUT2D eigenvalue weighted by Gasteiger charge is -2.21. The molecule has 1 unspecified atom stereocenters. The summed E-state index contributed by atoms with van der Waals surface area (Å²) in [5.74, 6) is -0.857. The van der Waals surface area contributed by atoms with Gasteiger partial charge >= 0.3 is 0 Å². The molecule has 0 radical (unpaired) electrons. The zero-order valence-corrected chi connectivity index (χ0v) is 16.8. The Hall–Kier alpha value is -2.27. The van der Waals surface area contributed by atoms with Crippen LogP contribution in [0, 0.1) is 0 Å². The van der Waals surface area contributed by atoms with Crippen molar-refractivity contribution in [3.05, 3.63) is 23.9 Å². The molecule has 0 aromatic rings. The number of hydrogen-bond acceptors (Lipinski definition) is 7. The molecule has 0 aliphatic carbocycles. The first-order chi connectivity index (χ1) is 14.0. The summed E-state index contributed by atoms with van der Waals surface area (Å²) in [6.45, 7) is 0.791. The van der Waals surface area contributed by atoms with E-state index in [9.17, 15) is 19.5 Å². The maximum atomic E-state index is 12.1. The van der Waals surface area contributed by atoms with E-state index in [1.165, 1.54) is 25.4 Å². The molecule has 3 atom stereocenters. The van der Waals surface area contributed by atoms with Gasteiger partial charge in [0.1, 0.15) is 12.3 Å². The minimum absolute atomic E-state index is 0.0586. The van der Waals surface area contributed by atoms with E-state index in [1.54, 1.807) is 0 Å². The van der Waals surface area contributed by atoms with Gasteiger partial charge in [0, 0.05) is 32.3 Å². The number of nitrogens with zero attached hydrogens (tertiary/aromatic N) is 1. The zero-order valence-electron chi connectivity index (χ0n) is 16.8. The van der Waals surface area contributed by atoms with Crippen LogP contribution in [-0.4, -0.2) is 78.5 Å². The second kappa shape index (κ2) is 13.8. The van der Waals surface area contributed by atoms with Crippen molar-refractivity contribution < 1.29 is 29.3 Å². The van der Waals surface area contributed by atoms with E-state index in [0.29, 0.717) is 19.5 Å². The summed E-state index contributed by atoms with van der Waals surface area (Å²) in [5, 5.41) is 24.1. The highest BCUT2D eigenvalue weighted by Crippen LogP contribution is 2.23. The molecule has 1 heterocycles. The molecule has 0 aromatic heterocycles. The van der Waals surface area contributed by atoms with Crippen molar-refractivity contribution in [2.24, 2.45) is 5.73 Å². The molecule has 29 heavy (non-hydrogen) atoms. The highest BCUT2D eigenvalue weighted by molar-refractivity contribution is 5.98. The number of hydrogen-bond donors (Lipinski definition) is 5. The van der Waals surface area contributed by atoms with E-state index in [0.717, 1.165) is 30.6 Å². The van der Waals surface area contributed by atoms with Crippen molar-refractivity contribution in [2.45, 2.75) is 50.5 Å². The molecule has 6 N–H and O–H groups in total. The molecule has 1 aliphatic heterocycles. The van der Waals surface area contributed by atoms with Gasteiger partial charge in [-0.3, -0.25) is 19.3 Å². The number of aliphatic hydroxyl groups excluding tert-OH is 2. The lowest BCUT2D eigenvalue weighted by atomic mass is 10.2. The highest BCUT2D eigenvalue weighted by atomic mass is 16.5. The summed E-state index contributed by atoms with van der Waals surface area (Å²) in [7, 11) is 1.42. The Morgan fingerprint density at radius 2 is 1.97 bits per heavy atom. The Bertz CT molecular complexity index is 595. The standard InChI is InChI=1S/C19H32N4O6/c1-21-19(28)14(6-7-17(27)22-9-5-3-2-4-8-20)11-23(13-25)18-10-15(26)16(12-24)29-18/h6-7,11,13,15-16,18,24,26H,2-5,8-10,12,20H2,1H3,(H,21,28)(H,22,27)/b7-6+,14-11-/t15-,16?,18-/m1/s1. The Morgan fingerprint density at radius 1 is 1.24 bits per heavy atom. The third-order valence-corrected chi connectivity index (χ3v) is 4.46. The fourth-order valence-electron chi connectivity index (χ4n) is 2.79. The van der Waals surface area contributed by atoms with Crippen LogP contribution >= 0.6 is 0 Å². The van der Waals surface area contributed by atoms with Crippen LogP contribution in [0.2, 0.25) is 0 Å². The average molecular weight is 412 g/mol. The molecule has 0 saturated carbocycles. The maximum Gasteiger partial charge on any atom is 0.252 e. The number of nitrogens with two attached hydrogens (primary N) is 1. The molecule has 1 rings (SSSR count). The van der Waals surface area contributed by atoms with Crippen LogP contribution in [0.15, 0.2) is 23.9 Å². The summed E-state index contributed by atoms with van der Waals surface area (Å²) in [5.41, 5.74) is 5.49. The summed E-state index contributed by atoms with van der Waals surface area (Å²) in [6.07, 6.45) is 5.54. The van der Waals surface area contributed by atoms with Crippen LogP contribution in [0.4, 0.5) is 0 Å². The van der Waals surface area contributed by atoms with Crippen molar-refractivity contribution in [1.82, 2.24) is 15.5 Å². The first-order valence-corrected chi connectivity index (χ1v) is 9.73. The molecule has 0 aromatic carbocycles.